The molecule has 7 nitrogen and oxygen atoms in total. The number of rotatable bonds is 6. The molecule has 0 fully saturated rings. The fourth-order valence-corrected chi connectivity index (χ4v) is 3.16. The van der Waals surface area contributed by atoms with Gasteiger partial charge in [0, 0.05) is 25.0 Å². The monoisotopic (exact) mass is 405 g/mol. The highest BCUT2D eigenvalue weighted by Gasteiger charge is 2.29. The molecule has 0 radical (unpaired) electrons. The molecule has 0 spiro atoms. The summed E-state index contributed by atoms with van der Waals surface area (Å²) in [7, 11) is 1.66. The summed E-state index contributed by atoms with van der Waals surface area (Å²) < 4.78 is 15.0. The van der Waals surface area contributed by atoms with Crippen LogP contribution in [0, 0.1) is 26.6 Å². The summed E-state index contributed by atoms with van der Waals surface area (Å²) in [6.45, 7) is 8.02. The number of nitrogens with one attached hydrogen (secondary N) is 2. The molecule has 2 rings (SSSR count). The van der Waals surface area contributed by atoms with E-state index in [-0.39, 0.29) is 18.1 Å². The summed E-state index contributed by atoms with van der Waals surface area (Å²) >= 11 is 0. The number of carbonyl (C=O) groups excluding carboxylic acids is 2. The highest BCUT2D eigenvalue weighted by atomic mass is 19.1. The van der Waals surface area contributed by atoms with Crippen LogP contribution in [-0.2, 0) is 11.8 Å². The van der Waals surface area contributed by atoms with Crippen LogP contribution < -0.4 is 10.6 Å². The van der Waals surface area contributed by atoms with Crippen molar-refractivity contribution >= 4 is 17.5 Å². The molecular weight excluding hydrogens is 377 g/mol. The lowest BCUT2D eigenvalue weighted by atomic mass is 10.1. The second kappa shape index (κ2) is 8.34. The van der Waals surface area contributed by atoms with E-state index in [1.165, 1.54) is 32.0 Å². The van der Waals surface area contributed by atoms with Crippen LogP contribution in [0.2, 0.25) is 0 Å². The van der Waals surface area contributed by atoms with Crippen molar-refractivity contribution in [3.05, 3.63) is 52.1 Å². The number of carbonyl (C=O) groups is 2. The van der Waals surface area contributed by atoms with Crippen LogP contribution in [0.25, 0.3) is 0 Å². The third-order valence-electron chi connectivity index (χ3n) is 4.83. The van der Waals surface area contributed by atoms with Crippen molar-refractivity contribution < 1.29 is 24.2 Å². The normalized spacial score (nSPS) is 12.6. The molecule has 2 aromatic rings. The first-order valence-corrected chi connectivity index (χ1v) is 9.25. The summed E-state index contributed by atoms with van der Waals surface area (Å²) in [6.07, 6.45) is -1.50. The van der Waals surface area contributed by atoms with Crippen molar-refractivity contribution in [2.24, 2.45) is 7.05 Å². The Bertz CT molecular complexity index is 944. The average molecular weight is 405 g/mol. The third-order valence-corrected chi connectivity index (χ3v) is 4.83. The van der Waals surface area contributed by atoms with E-state index < -0.39 is 23.5 Å². The number of halogens is 1. The molecule has 1 aromatic carbocycles. The molecule has 29 heavy (non-hydrogen) atoms. The Labute approximate surface area is 169 Å². The number of aliphatic hydroxyl groups is 2. The molecule has 1 unspecified atom stereocenters. The number of aryl methyl sites for hydroxylation is 1. The van der Waals surface area contributed by atoms with Gasteiger partial charge in [0.1, 0.15) is 5.82 Å². The molecule has 1 aromatic heterocycles. The lowest BCUT2D eigenvalue weighted by molar-refractivity contribution is -0.131. The maximum absolute atomic E-state index is 13.4. The van der Waals surface area contributed by atoms with Gasteiger partial charge in [-0.3, -0.25) is 9.59 Å². The lowest BCUT2D eigenvalue weighted by Crippen LogP contribution is -2.40. The summed E-state index contributed by atoms with van der Waals surface area (Å²) in [4.78, 5) is 25.2. The van der Waals surface area contributed by atoms with Gasteiger partial charge in [-0.1, -0.05) is 0 Å². The van der Waals surface area contributed by atoms with E-state index in [9.17, 15) is 24.2 Å². The van der Waals surface area contributed by atoms with Crippen molar-refractivity contribution in [1.82, 2.24) is 9.88 Å². The van der Waals surface area contributed by atoms with Gasteiger partial charge in [0.15, 0.2) is 6.10 Å². The van der Waals surface area contributed by atoms with Gasteiger partial charge in [-0.05, 0) is 63.9 Å². The molecule has 0 bridgehead atoms. The summed E-state index contributed by atoms with van der Waals surface area (Å²) in [5.74, 6) is -1.45. The standard InChI is InChI=1S/C21H28FN3O4/c1-11-9-14(7-8-15(11)22)24-19(27)16-12(2)17(25(6)13(16)3)18(26)20(28)23-10-21(4,5)29/h7-9,18,26,29H,10H2,1-6H3,(H,23,28)(H,24,27). The van der Waals surface area contributed by atoms with E-state index in [1.807, 2.05) is 0 Å². The van der Waals surface area contributed by atoms with Gasteiger partial charge in [0.2, 0.25) is 0 Å². The van der Waals surface area contributed by atoms with E-state index in [0.29, 0.717) is 28.1 Å². The smallest absolute Gasteiger partial charge is 0.257 e. The van der Waals surface area contributed by atoms with E-state index in [4.69, 9.17) is 0 Å². The largest absolute Gasteiger partial charge is 0.389 e. The summed E-state index contributed by atoms with van der Waals surface area (Å²) in [5, 5.41) is 25.5. The Morgan fingerprint density at radius 1 is 1.24 bits per heavy atom. The molecule has 0 aliphatic rings. The Morgan fingerprint density at radius 2 is 1.86 bits per heavy atom. The summed E-state index contributed by atoms with van der Waals surface area (Å²) in [5.41, 5.74) is 1.39. The van der Waals surface area contributed by atoms with Crippen LogP contribution in [0.4, 0.5) is 10.1 Å². The first kappa shape index (κ1) is 22.6. The number of nitrogens with zero attached hydrogens (tertiary/aromatic N) is 1. The van der Waals surface area contributed by atoms with Gasteiger partial charge in [-0.15, -0.1) is 0 Å². The van der Waals surface area contributed by atoms with Crippen molar-refractivity contribution in [2.45, 2.75) is 46.3 Å². The molecule has 0 aliphatic carbocycles. The van der Waals surface area contributed by atoms with Crippen molar-refractivity contribution in [3.8, 4) is 0 Å². The maximum atomic E-state index is 13.4. The molecule has 2 amide bonds. The Hall–Kier alpha value is -2.71. The highest BCUT2D eigenvalue weighted by molar-refractivity contribution is 6.06. The van der Waals surface area contributed by atoms with E-state index in [0.717, 1.165) is 0 Å². The number of amides is 2. The van der Waals surface area contributed by atoms with Crippen molar-refractivity contribution in [1.29, 1.82) is 0 Å². The van der Waals surface area contributed by atoms with Gasteiger partial charge >= 0.3 is 0 Å². The summed E-state index contributed by atoms with van der Waals surface area (Å²) in [6, 6.07) is 4.27. The average Bonchev–Trinajstić information content (AvgIpc) is 2.84. The van der Waals surface area contributed by atoms with Crippen LogP contribution in [0.1, 0.15) is 52.8 Å². The molecule has 0 saturated heterocycles. The van der Waals surface area contributed by atoms with Crippen LogP contribution in [0.15, 0.2) is 18.2 Å². The fraction of sp³-hybridized carbons (Fsp3) is 0.429. The minimum absolute atomic E-state index is 0.0252. The Morgan fingerprint density at radius 3 is 2.41 bits per heavy atom. The lowest BCUT2D eigenvalue weighted by Gasteiger charge is -2.20. The minimum Gasteiger partial charge on any atom is -0.389 e. The molecule has 158 valence electrons. The van der Waals surface area contributed by atoms with Gasteiger partial charge in [-0.2, -0.15) is 0 Å². The van der Waals surface area contributed by atoms with Crippen molar-refractivity contribution in [2.75, 3.05) is 11.9 Å². The number of aromatic nitrogens is 1. The number of aliphatic hydroxyl groups excluding tert-OH is 1. The van der Waals surface area contributed by atoms with Gasteiger partial charge < -0.3 is 25.4 Å². The molecular formula is C21H28FN3O4. The second-order valence-electron chi connectivity index (χ2n) is 7.88. The predicted octanol–water partition coefficient (Wildman–Crippen LogP) is 2.26. The van der Waals surface area contributed by atoms with Crippen LogP contribution in [0.5, 0.6) is 0 Å². The van der Waals surface area contributed by atoms with Crippen LogP contribution in [-0.4, -0.2) is 38.7 Å². The minimum atomic E-state index is -1.50. The molecule has 4 N–H and O–H groups in total. The third kappa shape index (κ3) is 5.02. The Balaban J connectivity index is 2.30. The SMILES string of the molecule is Cc1cc(NC(=O)c2c(C)c(C(O)C(=O)NCC(C)(C)O)n(C)c2C)ccc1F. The first-order valence-electron chi connectivity index (χ1n) is 9.25. The number of benzene rings is 1. The van der Waals surface area contributed by atoms with E-state index >= 15 is 0 Å². The van der Waals surface area contributed by atoms with Crippen LogP contribution >= 0.6 is 0 Å². The van der Waals surface area contributed by atoms with Gasteiger partial charge in [0.25, 0.3) is 11.8 Å². The Kier molecular flexibility index (Phi) is 6.50. The number of hydrogen-bond donors (Lipinski definition) is 4. The molecule has 0 saturated carbocycles. The zero-order valence-electron chi connectivity index (χ0n) is 17.6. The van der Waals surface area contributed by atoms with Crippen molar-refractivity contribution in [3.63, 3.8) is 0 Å². The fourth-order valence-electron chi connectivity index (χ4n) is 3.16. The highest BCUT2D eigenvalue weighted by Crippen LogP contribution is 2.27. The zero-order valence-corrected chi connectivity index (χ0v) is 17.6. The topological polar surface area (TPSA) is 104 Å². The predicted molar refractivity (Wildman–Crippen MR) is 108 cm³/mol. The molecule has 0 aliphatic heterocycles. The number of anilines is 1. The second-order valence-corrected chi connectivity index (χ2v) is 7.88. The molecule has 8 heteroatoms. The van der Waals surface area contributed by atoms with Gasteiger partial charge in [-0.25, -0.2) is 4.39 Å². The zero-order chi connectivity index (χ0) is 22.1. The van der Waals surface area contributed by atoms with Crippen LogP contribution in [0.3, 0.4) is 0 Å². The number of hydrogen-bond acceptors (Lipinski definition) is 4. The first-order chi connectivity index (χ1) is 13.3. The van der Waals surface area contributed by atoms with E-state index in [2.05, 4.69) is 10.6 Å². The quantitative estimate of drug-likeness (QED) is 0.592. The molecule has 1 heterocycles. The van der Waals surface area contributed by atoms with E-state index in [1.54, 1.807) is 32.4 Å². The molecule has 1 atom stereocenters. The maximum Gasteiger partial charge on any atom is 0.257 e. The van der Waals surface area contributed by atoms with Gasteiger partial charge in [0.05, 0.1) is 16.9 Å².